The first-order valence-corrected chi connectivity index (χ1v) is 5.47. The normalized spacial score (nSPS) is 10.5. The van der Waals surface area contributed by atoms with E-state index in [-0.39, 0.29) is 12.1 Å². The number of anilines is 1. The van der Waals surface area contributed by atoms with Gasteiger partial charge in [-0.1, -0.05) is 4.49 Å². The van der Waals surface area contributed by atoms with Gasteiger partial charge in [-0.3, -0.25) is 14.3 Å². The first-order valence-electron chi connectivity index (χ1n) is 4.70. The second-order valence-electron chi connectivity index (χ2n) is 3.39. The Morgan fingerprint density at radius 1 is 1.59 bits per heavy atom. The summed E-state index contributed by atoms with van der Waals surface area (Å²) in [4.78, 5) is 24.9. The van der Waals surface area contributed by atoms with Gasteiger partial charge in [0.2, 0.25) is 0 Å². The Bertz CT molecular complexity index is 642. The van der Waals surface area contributed by atoms with Crippen LogP contribution in [0.4, 0.5) is 5.00 Å². The first kappa shape index (κ1) is 11.5. The third-order valence-corrected chi connectivity index (χ3v) is 2.90. The van der Waals surface area contributed by atoms with Crippen molar-refractivity contribution < 1.29 is 0 Å². The third-order valence-electron chi connectivity index (χ3n) is 2.20. The van der Waals surface area contributed by atoms with E-state index in [1.54, 1.807) is 6.92 Å². The number of hydrogen-bond acceptors (Lipinski definition) is 7. The molecule has 0 radical (unpaired) electrons. The summed E-state index contributed by atoms with van der Waals surface area (Å²) >= 11 is 1.10. The Labute approximate surface area is 99.2 Å². The number of rotatable bonds is 3. The number of nitrogen functional groups attached to an aromatic ring is 1. The van der Waals surface area contributed by atoms with Gasteiger partial charge in [-0.15, -0.1) is 5.10 Å². The Hall–Kier alpha value is -2.00. The van der Waals surface area contributed by atoms with Crippen molar-refractivity contribution in [3.05, 3.63) is 38.3 Å². The molecule has 0 fully saturated rings. The van der Waals surface area contributed by atoms with Crippen LogP contribution in [-0.2, 0) is 6.54 Å². The van der Waals surface area contributed by atoms with Gasteiger partial charge in [-0.25, -0.2) is 10.6 Å². The molecule has 90 valence electrons. The van der Waals surface area contributed by atoms with Crippen molar-refractivity contribution in [2.24, 2.45) is 5.84 Å². The maximum Gasteiger partial charge on any atom is 0.328 e. The van der Waals surface area contributed by atoms with Crippen LogP contribution in [0.1, 0.15) is 11.3 Å². The Morgan fingerprint density at radius 3 is 3.06 bits per heavy atom. The molecule has 0 unspecified atom stereocenters. The predicted octanol–water partition coefficient (Wildman–Crippen LogP) is -0.970. The van der Waals surface area contributed by atoms with Crippen molar-refractivity contribution in [3.8, 4) is 0 Å². The number of nitrogens with two attached hydrogens (primary N) is 1. The molecule has 2 aromatic rings. The highest BCUT2D eigenvalue weighted by atomic mass is 32.1. The number of aryl methyl sites for hydroxylation is 1. The Kier molecular flexibility index (Phi) is 3.02. The number of aromatic nitrogens is 4. The molecule has 0 aromatic carbocycles. The molecule has 0 aliphatic rings. The third kappa shape index (κ3) is 2.24. The molecule has 17 heavy (non-hydrogen) atoms. The molecule has 0 saturated heterocycles. The molecule has 0 atom stereocenters. The van der Waals surface area contributed by atoms with Gasteiger partial charge in [0, 0.05) is 23.3 Å². The van der Waals surface area contributed by atoms with E-state index in [4.69, 9.17) is 5.84 Å². The van der Waals surface area contributed by atoms with Gasteiger partial charge in [-0.05, 0) is 6.92 Å². The van der Waals surface area contributed by atoms with Crippen LogP contribution < -0.4 is 22.5 Å². The summed E-state index contributed by atoms with van der Waals surface area (Å²) < 4.78 is 5.06. The van der Waals surface area contributed by atoms with E-state index in [0.717, 1.165) is 11.5 Å². The van der Waals surface area contributed by atoms with E-state index in [2.05, 4.69) is 20.0 Å². The fraction of sp³-hybridized carbons (Fsp3) is 0.250. The average molecular weight is 254 g/mol. The molecule has 0 saturated carbocycles. The topological polar surface area (TPSA) is 119 Å². The predicted molar refractivity (Wildman–Crippen MR) is 62.9 cm³/mol. The van der Waals surface area contributed by atoms with Crippen LogP contribution in [0.15, 0.2) is 15.8 Å². The van der Waals surface area contributed by atoms with Crippen LogP contribution in [0.2, 0.25) is 0 Å². The van der Waals surface area contributed by atoms with Gasteiger partial charge >= 0.3 is 5.69 Å². The number of nitrogens with one attached hydrogen (secondary N) is 2. The summed E-state index contributed by atoms with van der Waals surface area (Å²) in [6.45, 7) is 1.82. The number of hydrogen-bond donors (Lipinski definition) is 3. The van der Waals surface area contributed by atoms with Gasteiger partial charge in [0.15, 0.2) is 0 Å². The molecule has 4 N–H and O–H groups in total. The lowest BCUT2D eigenvalue weighted by Gasteiger charge is -2.04. The van der Waals surface area contributed by atoms with Crippen molar-refractivity contribution in [1.82, 2.24) is 19.1 Å². The highest BCUT2D eigenvalue weighted by molar-refractivity contribution is 7.10. The molecular weight excluding hydrogens is 244 g/mol. The zero-order valence-corrected chi connectivity index (χ0v) is 9.74. The van der Waals surface area contributed by atoms with E-state index in [0.29, 0.717) is 16.3 Å². The molecule has 9 heteroatoms. The van der Waals surface area contributed by atoms with Crippen LogP contribution in [0.3, 0.4) is 0 Å². The van der Waals surface area contributed by atoms with Gasteiger partial charge in [0.25, 0.3) is 5.56 Å². The molecule has 0 aliphatic carbocycles. The highest BCUT2D eigenvalue weighted by Crippen LogP contribution is 2.16. The maximum absolute atomic E-state index is 11.5. The maximum atomic E-state index is 11.5. The van der Waals surface area contributed by atoms with E-state index < -0.39 is 5.69 Å². The quantitative estimate of drug-likeness (QED) is 0.479. The van der Waals surface area contributed by atoms with E-state index in [9.17, 15) is 9.59 Å². The summed E-state index contributed by atoms with van der Waals surface area (Å²) in [5, 5.41) is 4.43. The van der Waals surface area contributed by atoms with Gasteiger partial charge in [-0.2, -0.15) is 0 Å². The van der Waals surface area contributed by atoms with Crippen LogP contribution in [0, 0.1) is 6.92 Å². The number of nitrogens with zero attached hydrogens (tertiary/aromatic N) is 3. The van der Waals surface area contributed by atoms with Crippen LogP contribution in [0.25, 0.3) is 0 Å². The largest absolute Gasteiger partial charge is 0.328 e. The Morgan fingerprint density at radius 2 is 2.35 bits per heavy atom. The lowest BCUT2D eigenvalue weighted by molar-refractivity contribution is 0.697. The van der Waals surface area contributed by atoms with Crippen LogP contribution in [0.5, 0.6) is 0 Å². The summed E-state index contributed by atoms with van der Waals surface area (Å²) in [5.41, 5.74) is 2.57. The fourth-order valence-corrected chi connectivity index (χ4v) is 1.80. The minimum Gasteiger partial charge on any atom is -0.313 e. The van der Waals surface area contributed by atoms with Crippen LogP contribution in [-0.4, -0.2) is 19.1 Å². The summed E-state index contributed by atoms with van der Waals surface area (Å²) in [5.74, 6) is 5.28. The average Bonchev–Trinajstić information content (AvgIpc) is 2.73. The van der Waals surface area contributed by atoms with Crippen molar-refractivity contribution >= 4 is 16.5 Å². The van der Waals surface area contributed by atoms with E-state index >= 15 is 0 Å². The number of H-pyrrole nitrogens is 1. The number of hydrazine groups is 1. The molecule has 0 spiro atoms. The van der Waals surface area contributed by atoms with Crippen molar-refractivity contribution in [3.63, 3.8) is 0 Å². The van der Waals surface area contributed by atoms with Gasteiger partial charge in [0.1, 0.15) is 10.7 Å². The summed E-state index contributed by atoms with van der Waals surface area (Å²) in [7, 11) is 0. The van der Waals surface area contributed by atoms with E-state index in [1.165, 1.54) is 10.8 Å². The molecule has 2 aromatic heterocycles. The minimum absolute atomic E-state index is 0.201. The molecule has 2 rings (SSSR count). The molecule has 0 amide bonds. The minimum atomic E-state index is -0.489. The Balaban J connectivity index is 2.40. The zero-order valence-electron chi connectivity index (χ0n) is 8.93. The number of aromatic amines is 1. The highest BCUT2D eigenvalue weighted by Gasteiger charge is 2.09. The molecule has 0 bridgehead atoms. The van der Waals surface area contributed by atoms with Crippen molar-refractivity contribution in [1.29, 1.82) is 0 Å². The fourth-order valence-electron chi connectivity index (χ4n) is 1.32. The summed E-state index contributed by atoms with van der Waals surface area (Å²) in [6, 6.07) is 0. The first-order chi connectivity index (χ1) is 8.11. The van der Waals surface area contributed by atoms with Gasteiger partial charge in [0.05, 0.1) is 6.54 Å². The SMILES string of the molecule is Cc1cn(Cc2nnsc2NN)c(=O)[nH]c1=O. The summed E-state index contributed by atoms with van der Waals surface area (Å²) in [6.07, 6.45) is 1.47. The van der Waals surface area contributed by atoms with Crippen molar-refractivity contribution in [2.75, 3.05) is 5.43 Å². The molecular formula is C8H10N6O2S. The molecule has 8 nitrogen and oxygen atoms in total. The molecule has 0 aliphatic heterocycles. The monoisotopic (exact) mass is 254 g/mol. The molecule has 2 heterocycles. The van der Waals surface area contributed by atoms with E-state index in [1.807, 2.05) is 0 Å². The lowest BCUT2D eigenvalue weighted by Crippen LogP contribution is -2.31. The lowest BCUT2D eigenvalue weighted by atomic mass is 10.3. The second-order valence-corrected chi connectivity index (χ2v) is 4.15. The van der Waals surface area contributed by atoms with Crippen LogP contribution >= 0.6 is 11.5 Å². The van der Waals surface area contributed by atoms with Crippen molar-refractivity contribution in [2.45, 2.75) is 13.5 Å². The standard InChI is InChI=1S/C8H10N6O2S/c1-4-2-14(8(16)10-6(4)15)3-5-7(11-9)17-13-12-5/h2,11H,3,9H2,1H3,(H,10,15,16). The smallest absolute Gasteiger partial charge is 0.313 e. The van der Waals surface area contributed by atoms with Gasteiger partial charge < -0.3 is 5.43 Å². The second kappa shape index (κ2) is 4.47. The zero-order chi connectivity index (χ0) is 12.4.